The van der Waals surface area contributed by atoms with E-state index in [1.807, 2.05) is 37.3 Å². The summed E-state index contributed by atoms with van der Waals surface area (Å²) in [4.78, 5) is 16.7. The van der Waals surface area contributed by atoms with Crippen LogP contribution in [0.2, 0.25) is 0 Å². The lowest BCUT2D eigenvalue weighted by Gasteiger charge is -2.08. The van der Waals surface area contributed by atoms with Crippen molar-refractivity contribution in [1.29, 1.82) is 5.26 Å². The van der Waals surface area contributed by atoms with Crippen molar-refractivity contribution in [3.8, 4) is 17.2 Å². The van der Waals surface area contributed by atoms with Crippen LogP contribution in [0.3, 0.4) is 0 Å². The third-order valence-corrected chi connectivity index (χ3v) is 3.20. The molecule has 2 N–H and O–H groups in total. The van der Waals surface area contributed by atoms with Crippen molar-refractivity contribution < 1.29 is 0 Å². The highest BCUT2D eigenvalue weighted by atomic mass is 16.1. The van der Waals surface area contributed by atoms with Crippen LogP contribution in [0.1, 0.15) is 11.1 Å². The molecule has 4 nitrogen and oxygen atoms in total. The fourth-order valence-corrected chi connectivity index (χ4v) is 2.33. The van der Waals surface area contributed by atoms with E-state index in [1.54, 1.807) is 6.07 Å². The van der Waals surface area contributed by atoms with E-state index in [0.29, 0.717) is 5.56 Å². The molecule has 0 aliphatic rings. The van der Waals surface area contributed by atoms with E-state index in [4.69, 9.17) is 0 Å². The number of fused-ring (bicyclic) bond motifs is 1. The maximum Gasteiger partial charge on any atom is 0.323 e. The monoisotopic (exact) mass is 249 g/mol. The molecule has 0 amide bonds. The molecular formula is C15H11N3O. The molecule has 1 heterocycles. The molecule has 19 heavy (non-hydrogen) atoms. The van der Waals surface area contributed by atoms with Gasteiger partial charge in [-0.2, -0.15) is 5.26 Å². The largest absolute Gasteiger partial charge is 0.323 e. The number of aryl methyl sites for hydroxylation is 1. The van der Waals surface area contributed by atoms with Gasteiger partial charge in [-0.05, 0) is 36.2 Å². The second kappa shape index (κ2) is 4.14. The zero-order valence-corrected chi connectivity index (χ0v) is 10.3. The van der Waals surface area contributed by atoms with E-state index in [1.165, 1.54) is 0 Å². The molecule has 0 atom stereocenters. The highest BCUT2D eigenvalue weighted by molar-refractivity contribution is 5.84. The van der Waals surface area contributed by atoms with Crippen LogP contribution in [-0.2, 0) is 0 Å². The Morgan fingerprint density at radius 2 is 1.89 bits per heavy atom. The molecule has 3 aromatic rings. The Bertz CT molecular complexity index is 865. The molecule has 3 rings (SSSR count). The van der Waals surface area contributed by atoms with Gasteiger partial charge in [0.2, 0.25) is 0 Å². The van der Waals surface area contributed by atoms with E-state index < -0.39 is 0 Å². The topological polar surface area (TPSA) is 72.4 Å². The first-order chi connectivity index (χ1) is 9.19. The molecule has 0 saturated heterocycles. The van der Waals surface area contributed by atoms with Crippen LogP contribution in [0, 0.1) is 18.3 Å². The Kier molecular flexibility index (Phi) is 2.46. The second-order valence-electron chi connectivity index (χ2n) is 4.45. The van der Waals surface area contributed by atoms with Gasteiger partial charge in [0, 0.05) is 5.56 Å². The minimum absolute atomic E-state index is 0.225. The molecule has 0 aliphatic carbocycles. The first-order valence-corrected chi connectivity index (χ1v) is 5.91. The van der Waals surface area contributed by atoms with Gasteiger partial charge in [0.05, 0.1) is 22.7 Å². The standard InChI is InChI=1S/C15H11N3O/c1-9-3-2-4-11(8-16)14(9)10-5-6-12-13(7-10)18-15(19)17-12/h2-7H,1H3,(H2,17,18,19). The Hall–Kier alpha value is -2.80. The van der Waals surface area contributed by atoms with E-state index in [-0.39, 0.29) is 5.69 Å². The van der Waals surface area contributed by atoms with Crippen molar-refractivity contribution in [2.24, 2.45) is 0 Å². The molecule has 2 aromatic carbocycles. The number of hydrogen-bond acceptors (Lipinski definition) is 2. The number of nitriles is 1. The van der Waals surface area contributed by atoms with Crippen LogP contribution in [0.5, 0.6) is 0 Å². The van der Waals surface area contributed by atoms with Crippen LogP contribution >= 0.6 is 0 Å². The van der Waals surface area contributed by atoms with Crippen LogP contribution in [0.15, 0.2) is 41.2 Å². The molecule has 0 saturated carbocycles. The van der Waals surface area contributed by atoms with Crippen molar-refractivity contribution in [3.05, 3.63) is 58.0 Å². The van der Waals surface area contributed by atoms with Gasteiger partial charge in [-0.25, -0.2) is 4.79 Å². The normalized spacial score (nSPS) is 10.5. The number of imidazole rings is 1. The first kappa shape index (κ1) is 11.3. The number of aromatic amines is 2. The van der Waals surface area contributed by atoms with Crippen molar-refractivity contribution in [1.82, 2.24) is 9.97 Å². The summed E-state index contributed by atoms with van der Waals surface area (Å²) < 4.78 is 0. The Balaban J connectivity index is 2.30. The van der Waals surface area contributed by atoms with Gasteiger partial charge in [-0.1, -0.05) is 18.2 Å². The maximum atomic E-state index is 11.3. The maximum absolute atomic E-state index is 11.3. The molecule has 0 radical (unpaired) electrons. The molecule has 0 fully saturated rings. The highest BCUT2D eigenvalue weighted by Crippen LogP contribution is 2.28. The zero-order valence-electron chi connectivity index (χ0n) is 10.3. The van der Waals surface area contributed by atoms with E-state index in [2.05, 4.69) is 16.0 Å². The van der Waals surface area contributed by atoms with Crippen molar-refractivity contribution in [3.63, 3.8) is 0 Å². The molecular weight excluding hydrogens is 238 g/mol. The van der Waals surface area contributed by atoms with Crippen LogP contribution in [0.25, 0.3) is 22.2 Å². The molecule has 0 spiro atoms. The number of rotatable bonds is 1. The SMILES string of the molecule is Cc1cccc(C#N)c1-c1ccc2[nH]c(=O)[nH]c2c1. The van der Waals surface area contributed by atoms with Gasteiger partial charge in [-0.3, -0.25) is 0 Å². The third-order valence-electron chi connectivity index (χ3n) is 3.20. The highest BCUT2D eigenvalue weighted by Gasteiger charge is 2.09. The summed E-state index contributed by atoms with van der Waals surface area (Å²) in [6.45, 7) is 1.97. The number of hydrogen-bond donors (Lipinski definition) is 2. The summed E-state index contributed by atoms with van der Waals surface area (Å²) >= 11 is 0. The minimum atomic E-state index is -0.225. The zero-order chi connectivity index (χ0) is 13.4. The van der Waals surface area contributed by atoms with Gasteiger partial charge < -0.3 is 9.97 Å². The molecule has 4 heteroatoms. The molecule has 0 bridgehead atoms. The third kappa shape index (κ3) is 1.81. The molecule has 0 aliphatic heterocycles. The number of nitrogens with one attached hydrogen (secondary N) is 2. The number of aromatic nitrogens is 2. The van der Waals surface area contributed by atoms with Gasteiger partial charge in [0.1, 0.15) is 0 Å². The summed E-state index contributed by atoms with van der Waals surface area (Å²) in [5.41, 5.74) is 4.80. The summed E-state index contributed by atoms with van der Waals surface area (Å²) in [6.07, 6.45) is 0. The fourth-order valence-electron chi connectivity index (χ4n) is 2.33. The quantitative estimate of drug-likeness (QED) is 0.696. The van der Waals surface area contributed by atoms with Gasteiger partial charge in [0.25, 0.3) is 0 Å². The minimum Gasteiger partial charge on any atom is -0.306 e. The average molecular weight is 249 g/mol. The molecule has 1 aromatic heterocycles. The average Bonchev–Trinajstić information content (AvgIpc) is 2.77. The second-order valence-corrected chi connectivity index (χ2v) is 4.45. The van der Waals surface area contributed by atoms with Gasteiger partial charge >= 0.3 is 5.69 Å². The number of H-pyrrole nitrogens is 2. The predicted octanol–water partition coefficient (Wildman–Crippen LogP) is 2.70. The lowest BCUT2D eigenvalue weighted by molar-refractivity contribution is 1.22. The van der Waals surface area contributed by atoms with Crippen LogP contribution in [0.4, 0.5) is 0 Å². The summed E-state index contributed by atoms with van der Waals surface area (Å²) in [5.74, 6) is 0. The lowest BCUT2D eigenvalue weighted by Crippen LogP contribution is -1.99. The van der Waals surface area contributed by atoms with Gasteiger partial charge in [-0.15, -0.1) is 0 Å². The summed E-state index contributed by atoms with van der Waals surface area (Å²) in [6, 6.07) is 13.5. The van der Waals surface area contributed by atoms with Crippen LogP contribution in [-0.4, -0.2) is 9.97 Å². The number of nitrogens with zero attached hydrogens (tertiary/aromatic N) is 1. The number of benzene rings is 2. The van der Waals surface area contributed by atoms with Gasteiger partial charge in [0.15, 0.2) is 0 Å². The van der Waals surface area contributed by atoms with Crippen molar-refractivity contribution in [2.45, 2.75) is 6.92 Å². The fraction of sp³-hybridized carbons (Fsp3) is 0.0667. The summed E-state index contributed by atoms with van der Waals surface area (Å²) in [5, 5.41) is 9.21. The molecule has 92 valence electrons. The van der Waals surface area contributed by atoms with E-state index in [9.17, 15) is 10.1 Å². The van der Waals surface area contributed by atoms with E-state index in [0.717, 1.165) is 27.7 Å². The Labute approximate surface area is 109 Å². The Morgan fingerprint density at radius 1 is 1.11 bits per heavy atom. The van der Waals surface area contributed by atoms with Crippen molar-refractivity contribution in [2.75, 3.05) is 0 Å². The lowest BCUT2D eigenvalue weighted by atomic mass is 9.95. The smallest absolute Gasteiger partial charge is 0.306 e. The molecule has 0 unspecified atom stereocenters. The van der Waals surface area contributed by atoms with Crippen molar-refractivity contribution >= 4 is 11.0 Å². The Morgan fingerprint density at radius 3 is 2.68 bits per heavy atom. The van der Waals surface area contributed by atoms with Crippen LogP contribution < -0.4 is 5.69 Å². The predicted molar refractivity (Wildman–Crippen MR) is 73.8 cm³/mol. The summed E-state index contributed by atoms with van der Waals surface area (Å²) in [7, 11) is 0. The first-order valence-electron chi connectivity index (χ1n) is 5.91. The van der Waals surface area contributed by atoms with E-state index >= 15 is 0 Å².